The molecule has 6 aliphatic rings. The van der Waals surface area contributed by atoms with Gasteiger partial charge in [0.05, 0.1) is 25.0 Å². The number of carbonyl (C=O) groups excluding carboxylic acids is 1. The summed E-state index contributed by atoms with van der Waals surface area (Å²) in [6.07, 6.45) is 14.3. The monoisotopic (exact) mass is 541 g/mol. The minimum Gasteiger partial charge on any atom is -0.490 e. The van der Waals surface area contributed by atoms with E-state index in [1.54, 1.807) is 0 Å². The molecule has 0 radical (unpaired) electrons. The number of hydrogen-bond donors (Lipinski definition) is 6. The maximum Gasteiger partial charge on any atom is 0.246 e. The topological polar surface area (TPSA) is 108 Å². The predicted octanol–water partition coefficient (Wildman–Crippen LogP) is -0.104. The third-order valence-electron chi connectivity index (χ3n) is 9.56. The number of nitrogens with zero attached hydrogens (tertiary/aromatic N) is 3. The number of fused-ring (bicyclic) bond motifs is 2. The average Bonchev–Trinajstić information content (AvgIpc) is 3.42. The van der Waals surface area contributed by atoms with Gasteiger partial charge in [-0.3, -0.25) is 41.3 Å². The lowest BCUT2D eigenvalue weighted by Gasteiger charge is -2.51. The number of hydrogen-bond acceptors (Lipinski definition) is 10. The third kappa shape index (κ3) is 5.90. The largest absolute Gasteiger partial charge is 0.490 e. The molecule has 6 rings (SSSR count). The molecule has 5 heterocycles. The maximum atomic E-state index is 12.2. The molecule has 0 aromatic carbocycles. The molecule has 0 spiro atoms. The number of allylic oxidation sites excluding steroid dienone is 1. The van der Waals surface area contributed by atoms with Crippen molar-refractivity contribution in [2.45, 2.75) is 94.7 Å². The molecule has 0 aromatic rings. The molecular formula is C28H47N9O2. The van der Waals surface area contributed by atoms with E-state index in [0.717, 1.165) is 70.8 Å². The minimum absolute atomic E-state index is 0.0415. The summed E-state index contributed by atoms with van der Waals surface area (Å²) in [5, 5.41) is 20.9. The zero-order valence-corrected chi connectivity index (χ0v) is 23.4. The van der Waals surface area contributed by atoms with Crippen LogP contribution >= 0.6 is 0 Å². The number of piperidine rings is 1. The van der Waals surface area contributed by atoms with E-state index in [0.29, 0.717) is 30.2 Å². The lowest BCUT2D eigenvalue weighted by molar-refractivity contribution is -0.131. The maximum absolute atomic E-state index is 12.2. The van der Waals surface area contributed by atoms with Crippen LogP contribution in [0, 0.1) is 5.92 Å². The van der Waals surface area contributed by atoms with Gasteiger partial charge < -0.3 is 9.64 Å². The van der Waals surface area contributed by atoms with E-state index >= 15 is 0 Å². The van der Waals surface area contributed by atoms with E-state index < -0.39 is 0 Å². The molecular weight excluding hydrogens is 494 g/mol. The van der Waals surface area contributed by atoms with Crippen molar-refractivity contribution in [1.82, 2.24) is 46.8 Å². The van der Waals surface area contributed by atoms with Crippen LogP contribution in [-0.2, 0) is 9.53 Å². The second-order valence-electron chi connectivity index (χ2n) is 12.1. The fourth-order valence-corrected chi connectivity index (χ4v) is 7.38. The smallest absolute Gasteiger partial charge is 0.246 e. The highest BCUT2D eigenvalue weighted by atomic mass is 16.5. The molecule has 8 unspecified atom stereocenters. The number of rotatable bonds is 6. The van der Waals surface area contributed by atoms with Crippen LogP contribution in [0.15, 0.2) is 36.8 Å². The number of nitrogens with one attached hydrogen (secondary N) is 6. The first-order chi connectivity index (χ1) is 19.0. The van der Waals surface area contributed by atoms with Crippen LogP contribution in [0.5, 0.6) is 0 Å². The molecule has 1 amide bonds. The summed E-state index contributed by atoms with van der Waals surface area (Å²) in [5.74, 6) is 1.50. The van der Waals surface area contributed by atoms with Crippen LogP contribution in [-0.4, -0.2) is 102 Å². The Kier molecular flexibility index (Phi) is 8.27. The van der Waals surface area contributed by atoms with Crippen molar-refractivity contribution >= 4 is 5.91 Å². The summed E-state index contributed by atoms with van der Waals surface area (Å²) >= 11 is 0. The highest BCUT2D eigenvalue weighted by molar-refractivity contribution is 5.87. The molecule has 1 aliphatic carbocycles. The zero-order chi connectivity index (χ0) is 26.9. The van der Waals surface area contributed by atoms with Gasteiger partial charge in [0, 0.05) is 50.6 Å². The van der Waals surface area contributed by atoms with Gasteiger partial charge in [0.15, 0.2) is 0 Å². The number of carbonyl (C=O) groups is 1. The first kappa shape index (κ1) is 27.2. The Bertz CT molecular complexity index is 959. The molecule has 1 saturated carbocycles. The van der Waals surface area contributed by atoms with E-state index in [1.165, 1.54) is 6.08 Å². The van der Waals surface area contributed by atoms with Crippen LogP contribution in [0.4, 0.5) is 0 Å². The van der Waals surface area contributed by atoms with Crippen LogP contribution < -0.4 is 32.0 Å². The predicted molar refractivity (Wildman–Crippen MR) is 150 cm³/mol. The second kappa shape index (κ2) is 11.9. The summed E-state index contributed by atoms with van der Waals surface area (Å²) in [7, 11) is 0. The number of hydrazine groups is 1. The molecule has 11 heteroatoms. The van der Waals surface area contributed by atoms with Gasteiger partial charge in [-0.25, -0.2) is 5.43 Å². The molecule has 0 aromatic heterocycles. The van der Waals surface area contributed by atoms with Crippen molar-refractivity contribution in [1.29, 1.82) is 0 Å². The van der Waals surface area contributed by atoms with Crippen LogP contribution in [0.3, 0.4) is 0 Å². The summed E-state index contributed by atoms with van der Waals surface area (Å²) in [6, 6.07) is 1.45. The van der Waals surface area contributed by atoms with Gasteiger partial charge in [0.1, 0.15) is 18.0 Å². The van der Waals surface area contributed by atoms with Crippen molar-refractivity contribution in [2.24, 2.45) is 5.92 Å². The van der Waals surface area contributed by atoms with E-state index in [4.69, 9.17) is 4.74 Å². The quantitative estimate of drug-likeness (QED) is 0.255. The molecule has 11 nitrogen and oxygen atoms in total. The van der Waals surface area contributed by atoms with Crippen LogP contribution in [0.2, 0.25) is 0 Å². The molecule has 9 atom stereocenters. The summed E-state index contributed by atoms with van der Waals surface area (Å²) in [4.78, 5) is 16.7. The first-order valence-corrected chi connectivity index (χ1v) is 15.0. The lowest BCUT2D eigenvalue weighted by atomic mass is 9.83. The van der Waals surface area contributed by atoms with Crippen molar-refractivity contribution in [3.63, 3.8) is 0 Å². The average molecular weight is 542 g/mol. The number of amides is 1. The van der Waals surface area contributed by atoms with Gasteiger partial charge in [-0.15, -0.1) is 0 Å². The summed E-state index contributed by atoms with van der Waals surface area (Å²) < 4.78 is 6.47. The second-order valence-corrected chi connectivity index (χ2v) is 12.1. The van der Waals surface area contributed by atoms with Crippen molar-refractivity contribution in [3.8, 4) is 0 Å². The van der Waals surface area contributed by atoms with Gasteiger partial charge in [-0.1, -0.05) is 13.5 Å². The molecule has 6 N–H and O–H groups in total. The van der Waals surface area contributed by atoms with Crippen molar-refractivity contribution in [3.05, 3.63) is 36.8 Å². The van der Waals surface area contributed by atoms with Gasteiger partial charge in [0.25, 0.3) is 0 Å². The van der Waals surface area contributed by atoms with Gasteiger partial charge >= 0.3 is 0 Å². The Hall–Kier alpha value is -1.99. The highest BCUT2D eigenvalue weighted by Gasteiger charge is 2.42. The van der Waals surface area contributed by atoms with Gasteiger partial charge in [-0.05, 0) is 63.2 Å². The van der Waals surface area contributed by atoms with Crippen molar-refractivity contribution in [2.75, 3.05) is 33.0 Å². The standard InChI is InChI=1S/C28H47N9O2/c1-4-26(38)36-12-11-35(15-19(36)3)24-8-6-22-27(34-24)28(31-16-29-22)33-20-5-7-23(18(2)13-20)39-21-9-10-37-25(14-21)30-17-32-37/h4,9-10,14,18-20,22-25,27-34H,1,5-8,11-13,15-17H2,2-3H3/t18?,19-,20?,22?,23?,24?,25?,27?,28?/m1/s1. The van der Waals surface area contributed by atoms with Crippen molar-refractivity contribution < 1.29 is 9.53 Å². The van der Waals surface area contributed by atoms with Gasteiger partial charge in [0.2, 0.25) is 5.91 Å². The van der Waals surface area contributed by atoms with Gasteiger partial charge in [-0.2, -0.15) is 0 Å². The van der Waals surface area contributed by atoms with E-state index in [-0.39, 0.29) is 30.4 Å². The molecule has 4 saturated heterocycles. The molecule has 5 fully saturated rings. The Labute approximate surface area is 232 Å². The summed E-state index contributed by atoms with van der Waals surface area (Å²) in [6.45, 7) is 12.3. The summed E-state index contributed by atoms with van der Waals surface area (Å²) in [5.41, 5.74) is 3.28. The fraction of sp³-hybridized carbons (Fsp3) is 0.750. The zero-order valence-electron chi connectivity index (χ0n) is 23.4. The normalized spacial score (nSPS) is 41.0. The first-order valence-electron chi connectivity index (χ1n) is 15.0. The molecule has 39 heavy (non-hydrogen) atoms. The Balaban J connectivity index is 1.01. The van der Waals surface area contributed by atoms with E-state index in [9.17, 15) is 4.79 Å². The third-order valence-corrected chi connectivity index (χ3v) is 9.56. The van der Waals surface area contributed by atoms with Crippen LogP contribution in [0.25, 0.3) is 0 Å². The number of ether oxygens (including phenoxy) is 1. The Morgan fingerprint density at radius 1 is 1.13 bits per heavy atom. The molecule has 216 valence electrons. The molecule has 5 aliphatic heterocycles. The fourth-order valence-electron chi connectivity index (χ4n) is 7.38. The van der Waals surface area contributed by atoms with E-state index in [2.05, 4.69) is 80.7 Å². The lowest BCUT2D eigenvalue weighted by Crippen LogP contribution is -2.75. The van der Waals surface area contributed by atoms with Crippen LogP contribution in [0.1, 0.15) is 46.0 Å². The molecule has 0 bridgehead atoms. The minimum atomic E-state index is 0.0415. The Morgan fingerprint density at radius 3 is 2.85 bits per heavy atom. The Morgan fingerprint density at radius 2 is 2.03 bits per heavy atom. The SMILES string of the molecule is C=CC(=O)N1CCN(C2CCC3NCNC(NC4CCC(OC5=CC6NCNN6C=C5)C(C)C4)C3N2)C[C@H]1C. The van der Waals surface area contributed by atoms with E-state index in [1.807, 2.05) is 4.90 Å². The number of piperazine rings is 1. The highest BCUT2D eigenvalue weighted by Crippen LogP contribution is 2.31.